The van der Waals surface area contributed by atoms with Crippen LogP contribution in [0.2, 0.25) is 0 Å². The Morgan fingerprint density at radius 1 is 1.32 bits per heavy atom. The first-order valence-corrected chi connectivity index (χ1v) is 7.90. The Morgan fingerprint density at radius 3 is 2.91 bits per heavy atom. The zero-order chi connectivity index (χ0) is 15.7. The van der Waals surface area contributed by atoms with Gasteiger partial charge in [0.1, 0.15) is 16.5 Å². The second kappa shape index (κ2) is 5.88. The Balaban J connectivity index is 1.70. The fourth-order valence-electron chi connectivity index (χ4n) is 2.25. The summed E-state index contributed by atoms with van der Waals surface area (Å²) in [7, 11) is 0. The molecule has 0 radical (unpaired) electrons. The average molecular weight is 315 g/mol. The lowest BCUT2D eigenvalue weighted by molar-refractivity contribution is 0.111. The van der Waals surface area contributed by atoms with Crippen molar-refractivity contribution in [2.24, 2.45) is 0 Å². The number of fused-ring (bicyclic) bond motifs is 1. The molecule has 0 saturated heterocycles. The Hall–Kier alpha value is -2.21. The molecule has 1 aromatic carbocycles. The maximum atomic E-state index is 11.1. The van der Waals surface area contributed by atoms with Crippen molar-refractivity contribution in [3.63, 3.8) is 0 Å². The van der Waals surface area contributed by atoms with Crippen molar-refractivity contribution in [2.75, 3.05) is 6.61 Å². The minimum atomic E-state index is 0.521. The molecule has 2 heterocycles. The first-order chi connectivity index (χ1) is 10.6. The van der Waals surface area contributed by atoms with E-state index in [1.165, 1.54) is 16.9 Å². The first kappa shape index (κ1) is 14.7. The van der Waals surface area contributed by atoms with Crippen molar-refractivity contribution < 1.29 is 9.53 Å². The van der Waals surface area contributed by atoms with Gasteiger partial charge >= 0.3 is 0 Å². The molecule has 0 bridgehead atoms. The summed E-state index contributed by atoms with van der Waals surface area (Å²) in [6, 6.07) is 6.17. The highest BCUT2D eigenvalue weighted by atomic mass is 32.1. The molecule has 0 fully saturated rings. The Bertz CT molecular complexity index is 835. The molecule has 22 heavy (non-hydrogen) atoms. The number of aryl methyl sites for hydroxylation is 3. The minimum Gasteiger partial charge on any atom is -0.493 e. The summed E-state index contributed by atoms with van der Waals surface area (Å²) in [6.07, 6.45) is 1.49. The zero-order valence-corrected chi connectivity index (χ0v) is 13.6. The van der Waals surface area contributed by atoms with Gasteiger partial charge in [0.05, 0.1) is 12.3 Å². The summed E-state index contributed by atoms with van der Waals surface area (Å²) >= 11 is 1.49. The number of rotatable bonds is 5. The number of aromatic nitrogens is 3. The van der Waals surface area contributed by atoms with Crippen LogP contribution in [0.5, 0.6) is 5.75 Å². The summed E-state index contributed by atoms with van der Waals surface area (Å²) in [5.74, 6) is 0.908. The molecule has 0 spiro atoms. The van der Waals surface area contributed by atoms with Gasteiger partial charge in [0, 0.05) is 6.42 Å². The fourth-order valence-corrected chi connectivity index (χ4v) is 3.18. The van der Waals surface area contributed by atoms with Crippen LogP contribution in [-0.4, -0.2) is 27.5 Å². The van der Waals surface area contributed by atoms with Gasteiger partial charge in [-0.1, -0.05) is 23.5 Å². The van der Waals surface area contributed by atoms with Crippen LogP contribution < -0.4 is 4.74 Å². The van der Waals surface area contributed by atoms with Crippen molar-refractivity contribution in [3.05, 3.63) is 45.7 Å². The summed E-state index contributed by atoms with van der Waals surface area (Å²) in [5, 5.41) is 5.35. The third-order valence-corrected chi connectivity index (χ3v) is 4.46. The number of aldehydes is 1. The second-order valence-electron chi connectivity index (χ2n) is 5.26. The van der Waals surface area contributed by atoms with Gasteiger partial charge in [0.15, 0.2) is 6.29 Å². The van der Waals surface area contributed by atoms with Crippen molar-refractivity contribution in [2.45, 2.75) is 27.2 Å². The van der Waals surface area contributed by atoms with Crippen LogP contribution >= 0.6 is 11.3 Å². The van der Waals surface area contributed by atoms with Crippen LogP contribution in [0.1, 0.15) is 32.3 Å². The largest absolute Gasteiger partial charge is 0.493 e. The molecule has 5 nitrogen and oxygen atoms in total. The molecule has 0 aliphatic carbocycles. The summed E-state index contributed by atoms with van der Waals surface area (Å²) in [5.41, 5.74) is 3.54. The van der Waals surface area contributed by atoms with Gasteiger partial charge in [-0.05, 0) is 38.0 Å². The molecule has 3 rings (SSSR count). The van der Waals surface area contributed by atoms with E-state index in [-0.39, 0.29) is 0 Å². The minimum absolute atomic E-state index is 0.521. The van der Waals surface area contributed by atoms with Gasteiger partial charge in [0.25, 0.3) is 0 Å². The van der Waals surface area contributed by atoms with E-state index < -0.39 is 0 Å². The zero-order valence-electron chi connectivity index (χ0n) is 12.8. The maximum absolute atomic E-state index is 11.1. The van der Waals surface area contributed by atoms with Crippen LogP contribution in [-0.2, 0) is 6.42 Å². The molecule has 0 aliphatic rings. The fraction of sp³-hybridized carbons (Fsp3) is 0.312. The van der Waals surface area contributed by atoms with E-state index in [4.69, 9.17) is 4.74 Å². The quantitative estimate of drug-likeness (QED) is 0.679. The predicted molar refractivity (Wildman–Crippen MR) is 86.1 cm³/mol. The summed E-state index contributed by atoms with van der Waals surface area (Å²) in [6.45, 7) is 6.45. The lowest BCUT2D eigenvalue weighted by Crippen LogP contribution is -2.03. The van der Waals surface area contributed by atoms with E-state index in [2.05, 4.69) is 22.2 Å². The molecule has 3 aromatic rings. The van der Waals surface area contributed by atoms with Gasteiger partial charge in [-0.2, -0.15) is 9.61 Å². The van der Waals surface area contributed by atoms with Crippen molar-refractivity contribution in [3.8, 4) is 5.75 Å². The molecular weight excluding hydrogens is 298 g/mol. The molecule has 0 saturated carbocycles. The number of carbonyl (C=O) groups excluding carboxylic acids is 1. The van der Waals surface area contributed by atoms with Gasteiger partial charge in [-0.15, -0.1) is 0 Å². The smallest absolute Gasteiger partial charge is 0.213 e. The summed E-state index contributed by atoms with van der Waals surface area (Å²) in [4.78, 5) is 16.2. The van der Waals surface area contributed by atoms with Gasteiger partial charge in [0.2, 0.25) is 4.96 Å². The Morgan fingerprint density at radius 2 is 2.14 bits per heavy atom. The van der Waals surface area contributed by atoms with Crippen molar-refractivity contribution >= 4 is 22.6 Å². The molecular formula is C16H17N3O2S. The average Bonchev–Trinajstić information content (AvgIpc) is 2.98. The summed E-state index contributed by atoms with van der Waals surface area (Å²) < 4.78 is 7.45. The highest BCUT2D eigenvalue weighted by molar-refractivity contribution is 7.16. The highest BCUT2D eigenvalue weighted by Crippen LogP contribution is 2.21. The standard InChI is InChI=1S/C16H17N3O2S/c1-10-4-5-11(2)14(8-10)21-7-6-15-18-19-13(9-20)12(3)17-16(19)22-15/h4-5,8-9H,6-7H2,1-3H3. The molecule has 0 atom stereocenters. The molecule has 0 unspecified atom stereocenters. The number of hydrogen-bond acceptors (Lipinski definition) is 5. The normalized spacial score (nSPS) is 11.0. The van der Waals surface area contributed by atoms with E-state index in [0.717, 1.165) is 27.6 Å². The third-order valence-electron chi connectivity index (χ3n) is 3.49. The van der Waals surface area contributed by atoms with Gasteiger partial charge in [-0.3, -0.25) is 4.79 Å². The Labute approximate surface area is 132 Å². The lowest BCUT2D eigenvalue weighted by atomic mass is 10.1. The van der Waals surface area contributed by atoms with Gasteiger partial charge < -0.3 is 4.74 Å². The number of hydrogen-bond donors (Lipinski definition) is 0. The van der Waals surface area contributed by atoms with Crippen molar-refractivity contribution in [1.29, 1.82) is 0 Å². The number of benzene rings is 1. The number of ether oxygens (including phenoxy) is 1. The van der Waals surface area contributed by atoms with Gasteiger partial charge in [-0.25, -0.2) is 4.98 Å². The highest BCUT2D eigenvalue weighted by Gasteiger charge is 2.13. The van der Waals surface area contributed by atoms with Crippen LogP contribution in [0.3, 0.4) is 0 Å². The van der Waals surface area contributed by atoms with E-state index >= 15 is 0 Å². The van der Waals surface area contributed by atoms with E-state index in [0.29, 0.717) is 24.4 Å². The topological polar surface area (TPSA) is 56.5 Å². The van der Waals surface area contributed by atoms with Crippen molar-refractivity contribution in [1.82, 2.24) is 14.6 Å². The number of imidazole rings is 1. The third kappa shape index (κ3) is 2.74. The van der Waals surface area contributed by atoms with E-state index in [1.807, 2.05) is 26.8 Å². The molecule has 0 amide bonds. The second-order valence-corrected chi connectivity index (χ2v) is 6.30. The lowest BCUT2D eigenvalue weighted by Gasteiger charge is -2.08. The number of nitrogens with zero attached hydrogens (tertiary/aromatic N) is 3. The predicted octanol–water partition coefficient (Wildman–Crippen LogP) is 3.15. The molecule has 6 heteroatoms. The van der Waals surface area contributed by atoms with Crippen LogP contribution in [0, 0.1) is 20.8 Å². The SMILES string of the molecule is Cc1ccc(C)c(OCCc2nn3c(C=O)c(C)nc3s2)c1. The number of carbonyl (C=O) groups is 1. The maximum Gasteiger partial charge on any atom is 0.213 e. The monoisotopic (exact) mass is 315 g/mol. The Kier molecular flexibility index (Phi) is 3.94. The molecule has 114 valence electrons. The molecule has 0 aliphatic heterocycles. The van der Waals surface area contributed by atoms with Crippen LogP contribution in [0.4, 0.5) is 0 Å². The first-order valence-electron chi connectivity index (χ1n) is 7.09. The molecule has 2 aromatic heterocycles. The molecule has 0 N–H and O–H groups in total. The van der Waals surface area contributed by atoms with Crippen LogP contribution in [0.25, 0.3) is 4.96 Å². The van der Waals surface area contributed by atoms with Crippen LogP contribution in [0.15, 0.2) is 18.2 Å². The van der Waals surface area contributed by atoms with E-state index in [1.54, 1.807) is 4.52 Å². The van der Waals surface area contributed by atoms with E-state index in [9.17, 15) is 4.79 Å².